The Labute approximate surface area is 139 Å². The monoisotopic (exact) mass is 316 g/mol. The fraction of sp³-hybridized carbons (Fsp3) is 0.632. The number of amides is 1. The van der Waals surface area contributed by atoms with Crippen LogP contribution in [0.5, 0.6) is 0 Å². The second kappa shape index (κ2) is 7.82. The lowest BCUT2D eigenvalue weighted by atomic mass is 9.98. The fourth-order valence-corrected chi connectivity index (χ4v) is 3.36. The minimum atomic E-state index is 0.314. The quantitative estimate of drug-likeness (QED) is 0.856. The molecule has 0 bridgehead atoms. The molecule has 0 atom stereocenters. The summed E-state index contributed by atoms with van der Waals surface area (Å²) >= 11 is 0. The van der Waals surface area contributed by atoms with Crippen molar-refractivity contribution in [2.75, 3.05) is 44.3 Å². The van der Waals surface area contributed by atoms with Crippen molar-refractivity contribution in [2.24, 2.45) is 5.92 Å². The van der Waals surface area contributed by atoms with E-state index in [-0.39, 0.29) is 0 Å². The van der Waals surface area contributed by atoms with Gasteiger partial charge in [0.2, 0.25) is 5.91 Å². The first-order chi connectivity index (χ1) is 11.2. The van der Waals surface area contributed by atoms with Gasteiger partial charge >= 0.3 is 0 Å². The largest absolute Gasteiger partial charge is 0.378 e. The molecule has 0 radical (unpaired) electrons. The molecule has 0 saturated carbocycles. The molecule has 4 nitrogen and oxygen atoms in total. The van der Waals surface area contributed by atoms with Gasteiger partial charge in [-0.25, -0.2) is 0 Å². The van der Waals surface area contributed by atoms with Crippen molar-refractivity contribution in [3.05, 3.63) is 29.8 Å². The molecule has 0 aromatic heterocycles. The molecule has 2 aliphatic heterocycles. The predicted octanol–water partition coefficient (Wildman–Crippen LogP) is 2.71. The Hall–Kier alpha value is -1.55. The zero-order chi connectivity index (χ0) is 16.1. The van der Waals surface area contributed by atoms with Crippen molar-refractivity contribution in [2.45, 2.75) is 32.6 Å². The van der Waals surface area contributed by atoms with Gasteiger partial charge in [0.15, 0.2) is 0 Å². The molecule has 0 spiro atoms. The number of carbonyl (C=O) groups is 1. The molecule has 2 aliphatic rings. The normalized spacial score (nSPS) is 19.9. The van der Waals surface area contributed by atoms with Crippen LogP contribution < -0.4 is 4.90 Å². The first-order valence-electron chi connectivity index (χ1n) is 8.92. The Morgan fingerprint density at radius 2 is 1.74 bits per heavy atom. The molecule has 4 heteroatoms. The highest BCUT2D eigenvalue weighted by atomic mass is 16.5. The lowest BCUT2D eigenvalue weighted by Gasteiger charge is -2.30. The number of rotatable bonds is 4. The molecule has 1 aromatic rings. The summed E-state index contributed by atoms with van der Waals surface area (Å²) < 4.78 is 5.39. The summed E-state index contributed by atoms with van der Waals surface area (Å²) in [4.78, 5) is 16.7. The van der Waals surface area contributed by atoms with E-state index in [0.717, 1.165) is 64.6 Å². The van der Waals surface area contributed by atoms with Gasteiger partial charge < -0.3 is 14.5 Å². The van der Waals surface area contributed by atoms with Crippen LogP contribution in [0.15, 0.2) is 24.3 Å². The Kier molecular flexibility index (Phi) is 5.55. The molecule has 3 rings (SSSR count). The third-order valence-electron chi connectivity index (χ3n) is 5.08. The number of hydrogen-bond donors (Lipinski definition) is 0. The number of piperidine rings is 1. The van der Waals surface area contributed by atoms with Crippen molar-refractivity contribution in [3.63, 3.8) is 0 Å². The number of anilines is 1. The van der Waals surface area contributed by atoms with Crippen LogP contribution in [-0.4, -0.2) is 50.2 Å². The number of carbonyl (C=O) groups excluding carboxylic acids is 1. The van der Waals surface area contributed by atoms with Gasteiger partial charge in [-0.1, -0.05) is 19.1 Å². The molecule has 2 saturated heterocycles. The lowest BCUT2D eigenvalue weighted by Crippen LogP contribution is -2.38. The van der Waals surface area contributed by atoms with Crippen LogP contribution in [0.4, 0.5) is 5.69 Å². The predicted molar refractivity (Wildman–Crippen MR) is 92.8 cm³/mol. The smallest absolute Gasteiger partial charge is 0.222 e. The van der Waals surface area contributed by atoms with E-state index in [4.69, 9.17) is 4.74 Å². The van der Waals surface area contributed by atoms with Crippen LogP contribution in [0.1, 0.15) is 31.7 Å². The molecular formula is C19H28N2O2. The highest BCUT2D eigenvalue weighted by Crippen LogP contribution is 2.19. The van der Waals surface area contributed by atoms with E-state index in [2.05, 4.69) is 36.1 Å². The SMILES string of the molecule is CC1CCN(C(=O)CCc2ccc(N3CCOCC3)cc2)CC1. The van der Waals surface area contributed by atoms with E-state index in [1.54, 1.807) is 0 Å². The number of morpholine rings is 1. The van der Waals surface area contributed by atoms with Crippen LogP contribution in [0, 0.1) is 5.92 Å². The summed E-state index contributed by atoms with van der Waals surface area (Å²) in [5, 5.41) is 0. The van der Waals surface area contributed by atoms with Crippen molar-refractivity contribution in [1.82, 2.24) is 4.90 Å². The van der Waals surface area contributed by atoms with Gasteiger partial charge in [0, 0.05) is 38.3 Å². The number of nitrogens with zero attached hydrogens (tertiary/aromatic N) is 2. The molecule has 0 N–H and O–H groups in total. The van der Waals surface area contributed by atoms with Crippen molar-refractivity contribution >= 4 is 11.6 Å². The van der Waals surface area contributed by atoms with Crippen molar-refractivity contribution < 1.29 is 9.53 Å². The van der Waals surface area contributed by atoms with E-state index in [0.29, 0.717) is 12.3 Å². The minimum Gasteiger partial charge on any atom is -0.378 e. The summed E-state index contributed by atoms with van der Waals surface area (Å²) in [6.07, 6.45) is 3.78. The maximum Gasteiger partial charge on any atom is 0.222 e. The number of ether oxygens (including phenoxy) is 1. The highest BCUT2D eigenvalue weighted by Gasteiger charge is 2.19. The maximum absolute atomic E-state index is 12.3. The highest BCUT2D eigenvalue weighted by molar-refractivity contribution is 5.76. The van der Waals surface area contributed by atoms with Crippen LogP contribution in [0.25, 0.3) is 0 Å². The van der Waals surface area contributed by atoms with Crippen LogP contribution in [-0.2, 0) is 16.0 Å². The fourth-order valence-electron chi connectivity index (χ4n) is 3.36. The first kappa shape index (κ1) is 16.3. The summed E-state index contributed by atoms with van der Waals surface area (Å²) in [5.41, 5.74) is 2.51. The van der Waals surface area contributed by atoms with Crippen LogP contribution in [0.3, 0.4) is 0 Å². The van der Waals surface area contributed by atoms with Crippen molar-refractivity contribution in [1.29, 1.82) is 0 Å². The third-order valence-corrected chi connectivity index (χ3v) is 5.08. The minimum absolute atomic E-state index is 0.314. The standard InChI is InChI=1S/C19H28N2O2/c1-16-8-10-21(11-9-16)19(22)7-4-17-2-5-18(6-3-17)20-12-14-23-15-13-20/h2-3,5-6,16H,4,7-15H2,1H3. The van der Waals surface area contributed by atoms with E-state index >= 15 is 0 Å². The average molecular weight is 316 g/mol. The maximum atomic E-state index is 12.3. The summed E-state index contributed by atoms with van der Waals surface area (Å²) in [7, 11) is 0. The van der Waals surface area contributed by atoms with E-state index < -0.39 is 0 Å². The number of hydrogen-bond acceptors (Lipinski definition) is 3. The summed E-state index contributed by atoms with van der Waals surface area (Å²) in [5.74, 6) is 1.08. The average Bonchev–Trinajstić information content (AvgIpc) is 2.61. The van der Waals surface area contributed by atoms with E-state index in [1.807, 2.05) is 4.90 Å². The topological polar surface area (TPSA) is 32.8 Å². The van der Waals surface area contributed by atoms with Crippen LogP contribution in [0.2, 0.25) is 0 Å². The van der Waals surface area contributed by atoms with Crippen LogP contribution >= 0.6 is 0 Å². The second-order valence-corrected chi connectivity index (χ2v) is 6.83. The molecule has 1 aromatic carbocycles. The Balaban J connectivity index is 1.47. The molecular weight excluding hydrogens is 288 g/mol. The third kappa shape index (κ3) is 4.47. The van der Waals surface area contributed by atoms with Crippen molar-refractivity contribution in [3.8, 4) is 0 Å². The van der Waals surface area contributed by atoms with Gasteiger partial charge in [0.25, 0.3) is 0 Å². The van der Waals surface area contributed by atoms with Gasteiger partial charge in [-0.3, -0.25) is 4.79 Å². The number of aryl methyl sites for hydroxylation is 1. The van der Waals surface area contributed by atoms with E-state index in [1.165, 1.54) is 11.3 Å². The van der Waals surface area contributed by atoms with E-state index in [9.17, 15) is 4.79 Å². The lowest BCUT2D eigenvalue weighted by molar-refractivity contribution is -0.132. The second-order valence-electron chi connectivity index (χ2n) is 6.83. The summed E-state index contributed by atoms with van der Waals surface area (Å²) in [6, 6.07) is 8.67. The molecule has 1 amide bonds. The molecule has 126 valence electrons. The van der Waals surface area contributed by atoms with Gasteiger partial charge in [-0.15, -0.1) is 0 Å². The van der Waals surface area contributed by atoms with Gasteiger partial charge in [0.05, 0.1) is 13.2 Å². The zero-order valence-electron chi connectivity index (χ0n) is 14.2. The Morgan fingerprint density at radius 1 is 1.09 bits per heavy atom. The molecule has 2 heterocycles. The van der Waals surface area contributed by atoms with Gasteiger partial charge in [0.1, 0.15) is 0 Å². The molecule has 23 heavy (non-hydrogen) atoms. The number of likely N-dealkylation sites (tertiary alicyclic amines) is 1. The molecule has 0 unspecified atom stereocenters. The summed E-state index contributed by atoms with van der Waals surface area (Å²) in [6.45, 7) is 7.70. The Bertz CT molecular complexity index is 501. The van der Waals surface area contributed by atoms with Gasteiger partial charge in [-0.05, 0) is 42.9 Å². The first-order valence-corrected chi connectivity index (χ1v) is 8.92. The molecule has 0 aliphatic carbocycles. The zero-order valence-corrected chi connectivity index (χ0v) is 14.2. The Morgan fingerprint density at radius 3 is 2.39 bits per heavy atom. The number of benzene rings is 1. The molecule has 2 fully saturated rings. The van der Waals surface area contributed by atoms with Gasteiger partial charge in [-0.2, -0.15) is 0 Å².